The molecule has 4 nitrogen and oxygen atoms in total. The molecular formula is C20H25NO3. The van der Waals surface area contributed by atoms with E-state index in [1.54, 1.807) is 26.4 Å². The standard InChI is InChI=1S/C20H25NO3/c1-5-14(2)19(15-9-7-6-8-10-15)20(22)21-16-11-12-17(23-3)18(13-16)24-4/h6-14,19H,5H2,1-4H3,(H,21,22)/t14-,19-/m1/s1. The second-order valence-electron chi connectivity index (χ2n) is 5.83. The fourth-order valence-electron chi connectivity index (χ4n) is 2.77. The molecule has 0 aliphatic heterocycles. The smallest absolute Gasteiger partial charge is 0.232 e. The van der Waals surface area contributed by atoms with Crippen molar-refractivity contribution in [3.8, 4) is 11.5 Å². The Morgan fingerprint density at radius 1 is 1.04 bits per heavy atom. The van der Waals surface area contributed by atoms with Crippen molar-refractivity contribution in [1.29, 1.82) is 0 Å². The van der Waals surface area contributed by atoms with Gasteiger partial charge in [0.05, 0.1) is 20.1 Å². The average molecular weight is 327 g/mol. The molecule has 0 radical (unpaired) electrons. The summed E-state index contributed by atoms with van der Waals surface area (Å²) in [5.41, 5.74) is 1.73. The number of nitrogens with one attached hydrogen (secondary N) is 1. The highest BCUT2D eigenvalue weighted by molar-refractivity contribution is 5.96. The van der Waals surface area contributed by atoms with Gasteiger partial charge in [-0.25, -0.2) is 0 Å². The topological polar surface area (TPSA) is 47.6 Å². The lowest BCUT2D eigenvalue weighted by atomic mass is 9.85. The average Bonchev–Trinajstić information content (AvgIpc) is 2.62. The van der Waals surface area contributed by atoms with E-state index in [0.717, 1.165) is 12.0 Å². The zero-order valence-corrected chi connectivity index (χ0v) is 14.7. The highest BCUT2D eigenvalue weighted by atomic mass is 16.5. The molecule has 0 aliphatic carbocycles. The van der Waals surface area contributed by atoms with Crippen LogP contribution in [-0.2, 0) is 4.79 Å². The number of ether oxygens (including phenoxy) is 2. The summed E-state index contributed by atoms with van der Waals surface area (Å²) in [7, 11) is 3.17. The van der Waals surface area contributed by atoms with Crippen molar-refractivity contribution < 1.29 is 14.3 Å². The van der Waals surface area contributed by atoms with Crippen LogP contribution in [0.3, 0.4) is 0 Å². The van der Waals surface area contributed by atoms with Crippen LogP contribution in [0.4, 0.5) is 5.69 Å². The summed E-state index contributed by atoms with van der Waals surface area (Å²) in [5.74, 6) is 1.27. The van der Waals surface area contributed by atoms with Crippen LogP contribution in [-0.4, -0.2) is 20.1 Å². The van der Waals surface area contributed by atoms with Crippen LogP contribution in [0.1, 0.15) is 31.7 Å². The number of hydrogen-bond acceptors (Lipinski definition) is 3. The molecule has 2 atom stereocenters. The Labute approximate surface area is 143 Å². The van der Waals surface area contributed by atoms with Crippen molar-refractivity contribution in [2.75, 3.05) is 19.5 Å². The van der Waals surface area contributed by atoms with Crippen molar-refractivity contribution in [1.82, 2.24) is 0 Å². The molecule has 128 valence electrons. The van der Waals surface area contributed by atoms with Gasteiger partial charge in [0.1, 0.15) is 0 Å². The predicted molar refractivity (Wildman–Crippen MR) is 96.8 cm³/mol. The first-order valence-electron chi connectivity index (χ1n) is 8.18. The van der Waals surface area contributed by atoms with Crippen LogP contribution in [0.5, 0.6) is 11.5 Å². The molecule has 2 aromatic rings. The number of benzene rings is 2. The monoisotopic (exact) mass is 327 g/mol. The summed E-state index contributed by atoms with van der Waals surface area (Å²) in [4.78, 5) is 12.9. The summed E-state index contributed by atoms with van der Waals surface area (Å²) in [6, 6.07) is 15.3. The first-order chi connectivity index (χ1) is 11.6. The van der Waals surface area contributed by atoms with Crippen molar-refractivity contribution >= 4 is 11.6 Å². The molecule has 4 heteroatoms. The van der Waals surface area contributed by atoms with Crippen molar-refractivity contribution in [3.05, 3.63) is 54.1 Å². The highest BCUT2D eigenvalue weighted by Gasteiger charge is 2.26. The minimum absolute atomic E-state index is 0.0113. The highest BCUT2D eigenvalue weighted by Crippen LogP contribution is 2.32. The summed E-state index contributed by atoms with van der Waals surface area (Å²) in [5, 5.41) is 3.01. The zero-order valence-electron chi connectivity index (χ0n) is 14.7. The molecule has 1 amide bonds. The molecule has 2 rings (SSSR count). The molecule has 0 aliphatic rings. The first-order valence-corrected chi connectivity index (χ1v) is 8.18. The van der Waals surface area contributed by atoms with E-state index in [4.69, 9.17) is 9.47 Å². The van der Waals surface area contributed by atoms with Gasteiger partial charge in [0.25, 0.3) is 0 Å². The Morgan fingerprint density at radius 3 is 2.29 bits per heavy atom. The zero-order chi connectivity index (χ0) is 17.5. The lowest BCUT2D eigenvalue weighted by Crippen LogP contribution is -2.26. The largest absolute Gasteiger partial charge is 0.493 e. The van der Waals surface area contributed by atoms with Crippen molar-refractivity contribution in [3.63, 3.8) is 0 Å². The molecule has 0 saturated carbocycles. The Bertz CT molecular complexity index is 670. The van der Waals surface area contributed by atoms with Gasteiger partial charge >= 0.3 is 0 Å². The molecule has 0 aromatic heterocycles. The Morgan fingerprint density at radius 2 is 1.71 bits per heavy atom. The molecule has 24 heavy (non-hydrogen) atoms. The van der Waals surface area contributed by atoms with Gasteiger partial charge < -0.3 is 14.8 Å². The van der Waals surface area contributed by atoms with Gasteiger partial charge in [-0.3, -0.25) is 4.79 Å². The van der Waals surface area contributed by atoms with Gasteiger partial charge in [-0.15, -0.1) is 0 Å². The molecule has 0 unspecified atom stereocenters. The molecule has 2 aromatic carbocycles. The lowest BCUT2D eigenvalue weighted by molar-refractivity contribution is -0.118. The van der Waals surface area contributed by atoms with Crippen LogP contribution >= 0.6 is 0 Å². The van der Waals surface area contributed by atoms with Crippen LogP contribution in [0.15, 0.2) is 48.5 Å². The summed E-state index contributed by atoms with van der Waals surface area (Å²) >= 11 is 0. The lowest BCUT2D eigenvalue weighted by Gasteiger charge is -2.23. The second-order valence-corrected chi connectivity index (χ2v) is 5.83. The van der Waals surface area contributed by atoms with Gasteiger partial charge in [0.2, 0.25) is 5.91 Å². The minimum atomic E-state index is -0.190. The maximum absolute atomic E-state index is 12.9. The molecule has 0 spiro atoms. The second kappa shape index (κ2) is 8.39. The predicted octanol–water partition coefficient (Wildman–Crippen LogP) is 4.47. The number of anilines is 1. The molecule has 0 saturated heterocycles. The third-order valence-electron chi connectivity index (χ3n) is 4.31. The van der Waals surface area contributed by atoms with E-state index in [1.807, 2.05) is 36.4 Å². The van der Waals surface area contributed by atoms with E-state index in [2.05, 4.69) is 19.2 Å². The van der Waals surface area contributed by atoms with Gasteiger partial charge in [-0.2, -0.15) is 0 Å². The van der Waals surface area contributed by atoms with Crippen LogP contribution < -0.4 is 14.8 Å². The fourth-order valence-corrected chi connectivity index (χ4v) is 2.77. The fraction of sp³-hybridized carbons (Fsp3) is 0.350. The number of carbonyl (C=O) groups is 1. The number of amides is 1. The Hall–Kier alpha value is -2.49. The summed E-state index contributed by atoms with van der Waals surface area (Å²) in [6.07, 6.45) is 0.929. The Balaban J connectivity index is 2.25. The van der Waals surface area contributed by atoms with Gasteiger partial charge in [0.15, 0.2) is 11.5 Å². The molecule has 0 bridgehead atoms. The number of methoxy groups -OCH3 is 2. The van der Waals surface area contributed by atoms with Crippen molar-refractivity contribution in [2.45, 2.75) is 26.2 Å². The van der Waals surface area contributed by atoms with E-state index in [1.165, 1.54) is 0 Å². The maximum atomic E-state index is 12.9. The van der Waals surface area contributed by atoms with E-state index in [-0.39, 0.29) is 17.7 Å². The molecule has 1 N–H and O–H groups in total. The van der Waals surface area contributed by atoms with Crippen LogP contribution in [0, 0.1) is 5.92 Å². The van der Waals surface area contributed by atoms with Gasteiger partial charge in [-0.1, -0.05) is 50.6 Å². The SMILES string of the molecule is CC[C@@H](C)[C@@H](C(=O)Nc1ccc(OC)c(OC)c1)c1ccccc1. The molecule has 0 fully saturated rings. The van der Waals surface area contributed by atoms with Crippen LogP contribution in [0.25, 0.3) is 0 Å². The van der Waals surface area contributed by atoms with E-state index >= 15 is 0 Å². The van der Waals surface area contributed by atoms with E-state index in [9.17, 15) is 4.79 Å². The molecule has 0 heterocycles. The first kappa shape index (κ1) is 17.9. The maximum Gasteiger partial charge on any atom is 0.232 e. The summed E-state index contributed by atoms with van der Waals surface area (Å²) < 4.78 is 10.5. The number of carbonyl (C=O) groups excluding carboxylic acids is 1. The minimum Gasteiger partial charge on any atom is -0.493 e. The Kier molecular flexibility index (Phi) is 6.24. The third-order valence-corrected chi connectivity index (χ3v) is 4.31. The number of hydrogen-bond donors (Lipinski definition) is 1. The quantitative estimate of drug-likeness (QED) is 0.816. The van der Waals surface area contributed by atoms with Gasteiger partial charge in [0, 0.05) is 11.8 Å². The molecular weight excluding hydrogens is 302 g/mol. The van der Waals surface area contributed by atoms with Crippen molar-refractivity contribution in [2.24, 2.45) is 5.92 Å². The summed E-state index contributed by atoms with van der Waals surface area (Å²) in [6.45, 7) is 4.20. The van der Waals surface area contributed by atoms with Gasteiger partial charge in [-0.05, 0) is 23.6 Å². The van der Waals surface area contributed by atoms with Crippen LogP contribution in [0.2, 0.25) is 0 Å². The van der Waals surface area contributed by atoms with E-state index in [0.29, 0.717) is 17.2 Å². The number of rotatable bonds is 7. The normalized spacial score (nSPS) is 13.0. The van der Waals surface area contributed by atoms with E-state index < -0.39 is 0 Å². The third kappa shape index (κ3) is 4.07.